The number of amides is 1. The quantitative estimate of drug-likeness (QED) is 0.794. The molecule has 3 rings (SSSR count). The number of hydrogen-bond acceptors (Lipinski definition) is 5. The van der Waals surface area contributed by atoms with Crippen molar-refractivity contribution in [3.8, 4) is 5.82 Å². The molecular formula is C12H8BrN5O2. The van der Waals surface area contributed by atoms with Crippen LogP contribution in [0.1, 0.15) is 10.6 Å². The molecule has 0 spiro atoms. The van der Waals surface area contributed by atoms with E-state index >= 15 is 0 Å². The molecule has 0 aromatic carbocycles. The van der Waals surface area contributed by atoms with Crippen LogP contribution in [0.4, 0.5) is 5.82 Å². The number of halogens is 1. The van der Waals surface area contributed by atoms with Gasteiger partial charge in [0.2, 0.25) is 0 Å². The van der Waals surface area contributed by atoms with Crippen molar-refractivity contribution in [2.45, 2.75) is 0 Å². The van der Waals surface area contributed by atoms with Crippen molar-refractivity contribution < 1.29 is 9.21 Å². The van der Waals surface area contributed by atoms with Gasteiger partial charge in [0, 0.05) is 18.5 Å². The van der Waals surface area contributed by atoms with E-state index in [4.69, 9.17) is 4.42 Å². The zero-order valence-corrected chi connectivity index (χ0v) is 11.6. The van der Waals surface area contributed by atoms with Crippen LogP contribution in [0, 0.1) is 0 Å². The van der Waals surface area contributed by atoms with E-state index in [2.05, 4.69) is 36.3 Å². The predicted octanol–water partition coefficient (Wildman–Crippen LogP) is 2.27. The molecule has 0 unspecified atom stereocenters. The summed E-state index contributed by atoms with van der Waals surface area (Å²) in [6, 6.07) is 6.60. The lowest BCUT2D eigenvalue weighted by atomic mass is 10.4. The second-order valence-corrected chi connectivity index (χ2v) is 4.55. The van der Waals surface area contributed by atoms with Crippen LogP contribution in [-0.2, 0) is 0 Å². The maximum atomic E-state index is 11.9. The highest BCUT2D eigenvalue weighted by atomic mass is 79.9. The van der Waals surface area contributed by atoms with Crippen molar-refractivity contribution in [1.82, 2.24) is 19.7 Å². The van der Waals surface area contributed by atoms with Crippen molar-refractivity contribution in [2.24, 2.45) is 0 Å². The van der Waals surface area contributed by atoms with E-state index in [0.29, 0.717) is 16.3 Å². The highest BCUT2D eigenvalue weighted by Gasteiger charge is 2.12. The summed E-state index contributed by atoms with van der Waals surface area (Å²) >= 11 is 3.14. The summed E-state index contributed by atoms with van der Waals surface area (Å²) in [6.45, 7) is 0. The number of furan rings is 1. The molecule has 1 N–H and O–H groups in total. The lowest BCUT2D eigenvalue weighted by Gasteiger charge is -2.04. The first kappa shape index (κ1) is 12.5. The Balaban J connectivity index is 1.81. The maximum Gasteiger partial charge on any atom is 0.292 e. The fraction of sp³-hybridized carbons (Fsp3) is 0. The molecule has 0 aliphatic heterocycles. The minimum Gasteiger partial charge on any atom is -0.444 e. The Kier molecular flexibility index (Phi) is 3.30. The van der Waals surface area contributed by atoms with Crippen molar-refractivity contribution in [3.63, 3.8) is 0 Å². The minimum atomic E-state index is -0.388. The molecule has 0 fully saturated rings. The number of anilines is 1. The monoisotopic (exact) mass is 333 g/mol. The van der Waals surface area contributed by atoms with Gasteiger partial charge in [-0.05, 0) is 34.1 Å². The van der Waals surface area contributed by atoms with Gasteiger partial charge in [0.05, 0.1) is 0 Å². The second kappa shape index (κ2) is 5.25. The van der Waals surface area contributed by atoms with Crippen molar-refractivity contribution in [1.29, 1.82) is 0 Å². The number of hydrogen-bond donors (Lipinski definition) is 1. The Hall–Kier alpha value is -2.48. The minimum absolute atomic E-state index is 0.191. The predicted molar refractivity (Wildman–Crippen MR) is 73.5 cm³/mol. The second-order valence-electron chi connectivity index (χ2n) is 3.77. The largest absolute Gasteiger partial charge is 0.444 e. The van der Waals surface area contributed by atoms with E-state index in [1.807, 2.05) is 0 Å². The first-order valence-electron chi connectivity index (χ1n) is 5.61. The van der Waals surface area contributed by atoms with Crippen LogP contribution in [0.25, 0.3) is 5.82 Å². The highest BCUT2D eigenvalue weighted by Crippen LogP contribution is 2.15. The Morgan fingerprint density at radius 3 is 2.95 bits per heavy atom. The standard InChI is InChI=1S/C12H8BrN5O2/c13-9-3-2-8(20-9)12(19)17-10-6-11(15-7-14-10)18-5-1-4-16-18/h1-7H,(H,14,15,17,19). The molecule has 0 aliphatic rings. The van der Waals surface area contributed by atoms with E-state index in [1.165, 1.54) is 6.33 Å². The lowest BCUT2D eigenvalue weighted by molar-refractivity contribution is 0.0995. The Morgan fingerprint density at radius 2 is 2.25 bits per heavy atom. The molecule has 0 saturated carbocycles. The molecule has 3 aromatic heterocycles. The zero-order valence-electron chi connectivity index (χ0n) is 10.0. The number of carbonyl (C=O) groups is 1. The SMILES string of the molecule is O=C(Nc1cc(-n2cccn2)ncn1)c1ccc(Br)o1. The normalized spacial score (nSPS) is 10.4. The average Bonchev–Trinajstić information content (AvgIpc) is 3.10. The van der Waals surface area contributed by atoms with Gasteiger partial charge in [-0.2, -0.15) is 5.10 Å². The molecule has 7 nitrogen and oxygen atoms in total. The summed E-state index contributed by atoms with van der Waals surface area (Å²) in [5.74, 6) is 0.723. The van der Waals surface area contributed by atoms with Gasteiger partial charge in [0.1, 0.15) is 12.1 Å². The van der Waals surface area contributed by atoms with Gasteiger partial charge in [-0.15, -0.1) is 0 Å². The van der Waals surface area contributed by atoms with Gasteiger partial charge in [-0.1, -0.05) is 0 Å². The summed E-state index contributed by atoms with van der Waals surface area (Å²) in [5, 5.41) is 6.69. The molecule has 3 heterocycles. The molecule has 100 valence electrons. The molecule has 8 heteroatoms. The van der Waals surface area contributed by atoms with Gasteiger partial charge in [-0.3, -0.25) is 4.79 Å². The van der Waals surface area contributed by atoms with E-state index in [9.17, 15) is 4.79 Å². The van der Waals surface area contributed by atoms with Crippen molar-refractivity contribution in [2.75, 3.05) is 5.32 Å². The highest BCUT2D eigenvalue weighted by molar-refractivity contribution is 9.10. The summed E-state index contributed by atoms with van der Waals surface area (Å²) in [4.78, 5) is 20.0. The van der Waals surface area contributed by atoms with Crippen LogP contribution in [0.3, 0.4) is 0 Å². The van der Waals surface area contributed by atoms with Crippen LogP contribution >= 0.6 is 15.9 Å². The van der Waals surface area contributed by atoms with Gasteiger partial charge in [0.25, 0.3) is 5.91 Å². The van der Waals surface area contributed by atoms with E-state index < -0.39 is 0 Å². The molecule has 0 atom stereocenters. The number of carbonyl (C=O) groups excluding carboxylic acids is 1. The Labute approximate surface area is 121 Å². The molecule has 1 amide bonds. The average molecular weight is 334 g/mol. The van der Waals surface area contributed by atoms with E-state index in [1.54, 1.807) is 41.3 Å². The van der Waals surface area contributed by atoms with E-state index in [-0.39, 0.29) is 11.7 Å². The third kappa shape index (κ3) is 2.59. The van der Waals surface area contributed by atoms with Crippen LogP contribution in [0.2, 0.25) is 0 Å². The topological polar surface area (TPSA) is 85.8 Å². The summed E-state index contributed by atoms with van der Waals surface area (Å²) in [6.07, 6.45) is 4.74. The van der Waals surface area contributed by atoms with E-state index in [0.717, 1.165) is 0 Å². The molecule has 0 bridgehead atoms. The molecule has 0 saturated heterocycles. The molecular weight excluding hydrogens is 326 g/mol. The molecule has 20 heavy (non-hydrogen) atoms. The first-order chi connectivity index (χ1) is 9.72. The van der Waals surface area contributed by atoms with Crippen LogP contribution < -0.4 is 5.32 Å². The van der Waals surface area contributed by atoms with Gasteiger partial charge in [0.15, 0.2) is 16.2 Å². The van der Waals surface area contributed by atoms with Gasteiger partial charge in [-0.25, -0.2) is 14.6 Å². The molecule has 0 radical (unpaired) electrons. The zero-order chi connectivity index (χ0) is 13.9. The van der Waals surface area contributed by atoms with Crippen LogP contribution in [0.15, 0.2) is 52.1 Å². The third-order valence-corrected chi connectivity index (χ3v) is 2.86. The fourth-order valence-electron chi connectivity index (χ4n) is 1.56. The summed E-state index contributed by atoms with van der Waals surface area (Å²) in [7, 11) is 0. The Bertz CT molecular complexity index is 738. The number of aromatic nitrogens is 4. The third-order valence-electron chi connectivity index (χ3n) is 2.43. The number of rotatable bonds is 3. The first-order valence-corrected chi connectivity index (χ1v) is 6.40. The molecule has 3 aromatic rings. The number of nitrogens with one attached hydrogen (secondary N) is 1. The van der Waals surface area contributed by atoms with Crippen LogP contribution in [0.5, 0.6) is 0 Å². The van der Waals surface area contributed by atoms with Gasteiger partial charge >= 0.3 is 0 Å². The smallest absolute Gasteiger partial charge is 0.292 e. The molecule has 0 aliphatic carbocycles. The Morgan fingerprint density at radius 1 is 1.35 bits per heavy atom. The lowest BCUT2D eigenvalue weighted by Crippen LogP contribution is -2.13. The summed E-state index contributed by atoms with van der Waals surface area (Å²) in [5.41, 5.74) is 0. The maximum absolute atomic E-state index is 11.9. The van der Waals surface area contributed by atoms with Crippen LogP contribution in [-0.4, -0.2) is 25.7 Å². The number of nitrogens with zero attached hydrogens (tertiary/aromatic N) is 4. The van der Waals surface area contributed by atoms with Gasteiger partial charge < -0.3 is 9.73 Å². The van der Waals surface area contributed by atoms with Crippen molar-refractivity contribution in [3.05, 3.63) is 53.4 Å². The summed E-state index contributed by atoms with van der Waals surface area (Å²) < 4.78 is 7.22. The van der Waals surface area contributed by atoms with Crippen molar-refractivity contribution >= 4 is 27.7 Å². The fourth-order valence-corrected chi connectivity index (χ4v) is 1.87.